The van der Waals surface area contributed by atoms with Gasteiger partial charge in [-0.3, -0.25) is 4.79 Å². The SMILES string of the molecule is Cc1c(Cc2ccccc2S(=O)(=O)N2CCCC2)c(C#N)c(C2CCCC2)n1CC(=O)O. The molecule has 0 amide bonds. The average molecular weight is 456 g/mol. The van der Waals surface area contributed by atoms with Gasteiger partial charge in [-0.15, -0.1) is 0 Å². The largest absolute Gasteiger partial charge is 0.480 e. The Kier molecular flexibility index (Phi) is 6.40. The minimum absolute atomic E-state index is 0.167. The Labute approximate surface area is 189 Å². The molecule has 1 N–H and O–H groups in total. The first kappa shape index (κ1) is 22.6. The summed E-state index contributed by atoms with van der Waals surface area (Å²) < 4.78 is 29.9. The summed E-state index contributed by atoms with van der Waals surface area (Å²) in [5, 5.41) is 19.6. The first-order valence-corrected chi connectivity index (χ1v) is 12.7. The van der Waals surface area contributed by atoms with E-state index in [0.29, 0.717) is 24.2 Å². The molecule has 1 aromatic heterocycles. The Morgan fingerprint density at radius 1 is 1.16 bits per heavy atom. The number of benzene rings is 1. The molecule has 1 saturated carbocycles. The van der Waals surface area contributed by atoms with Gasteiger partial charge < -0.3 is 9.67 Å². The molecule has 2 aromatic rings. The topological polar surface area (TPSA) is 103 Å². The van der Waals surface area contributed by atoms with Gasteiger partial charge in [0.25, 0.3) is 0 Å². The second kappa shape index (κ2) is 9.08. The van der Waals surface area contributed by atoms with E-state index in [0.717, 1.165) is 55.5 Å². The van der Waals surface area contributed by atoms with Gasteiger partial charge in [0.2, 0.25) is 10.0 Å². The molecule has 0 radical (unpaired) electrons. The fourth-order valence-electron chi connectivity index (χ4n) is 5.28. The summed E-state index contributed by atoms with van der Waals surface area (Å²) in [5.74, 6) is -0.782. The van der Waals surface area contributed by atoms with E-state index in [4.69, 9.17) is 0 Å². The van der Waals surface area contributed by atoms with Crippen molar-refractivity contribution in [1.82, 2.24) is 8.87 Å². The predicted octanol–water partition coefficient (Wildman–Crippen LogP) is 3.79. The monoisotopic (exact) mass is 455 g/mol. The van der Waals surface area contributed by atoms with Crippen molar-refractivity contribution >= 4 is 16.0 Å². The second-order valence-corrected chi connectivity index (χ2v) is 10.7. The van der Waals surface area contributed by atoms with E-state index in [9.17, 15) is 23.6 Å². The summed E-state index contributed by atoms with van der Waals surface area (Å²) in [5.41, 5.74) is 3.44. The summed E-state index contributed by atoms with van der Waals surface area (Å²) in [6, 6.07) is 9.31. The van der Waals surface area contributed by atoms with Crippen molar-refractivity contribution in [1.29, 1.82) is 5.26 Å². The van der Waals surface area contributed by atoms with E-state index in [1.807, 2.05) is 13.0 Å². The van der Waals surface area contributed by atoms with Crippen LogP contribution < -0.4 is 0 Å². The van der Waals surface area contributed by atoms with Crippen LogP contribution in [0.15, 0.2) is 29.2 Å². The van der Waals surface area contributed by atoms with E-state index < -0.39 is 16.0 Å². The van der Waals surface area contributed by atoms with Crippen LogP contribution in [-0.2, 0) is 27.8 Å². The van der Waals surface area contributed by atoms with Gasteiger partial charge in [0.1, 0.15) is 12.6 Å². The summed E-state index contributed by atoms with van der Waals surface area (Å²) in [4.78, 5) is 11.9. The standard InChI is InChI=1S/C24H29N3O4S/c1-17-20(21(15-25)24(18-8-2-3-9-18)27(17)16-23(28)29)14-19-10-4-5-11-22(19)32(30,31)26-12-6-7-13-26/h4-5,10-11,18H,2-3,6-9,12-14,16H2,1H3,(H,28,29). The molecule has 170 valence electrons. The Hall–Kier alpha value is -2.63. The number of carboxylic acids is 1. The van der Waals surface area contributed by atoms with Gasteiger partial charge in [0, 0.05) is 36.8 Å². The van der Waals surface area contributed by atoms with Crippen molar-refractivity contribution in [3.8, 4) is 6.07 Å². The minimum atomic E-state index is -3.61. The molecular formula is C24H29N3O4S. The molecule has 0 bridgehead atoms. The highest BCUT2D eigenvalue weighted by Gasteiger charge is 2.32. The Balaban J connectivity index is 1.81. The van der Waals surface area contributed by atoms with Crippen molar-refractivity contribution in [2.75, 3.05) is 13.1 Å². The third-order valence-electron chi connectivity index (χ3n) is 6.86. The number of aromatic nitrogens is 1. The van der Waals surface area contributed by atoms with Crippen LogP contribution in [0.1, 0.15) is 72.5 Å². The molecule has 1 aromatic carbocycles. The second-order valence-electron chi connectivity index (χ2n) is 8.79. The molecule has 4 rings (SSSR count). The molecule has 0 unspecified atom stereocenters. The zero-order valence-electron chi connectivity index (χ0n) is 18.4. The fraction of sp³-hybridized carbons (Fsp3) is 0.500. The lowest BCUT2D eigenvalue weighted by atomic mass is 9.95. The van der Waals surface area contributed by atoms with Gasteiger partial charge in [-0.25, -0.2) is 8.42 Å². The van der Waals surface area contributed by atoms with E-state index in [2.05, 4.69) is 6.07 Å². The van der Waals surface area contributed by atoms with E-state index in [1.54, 1.807) is 22.8 Å². The molecule has 1 aliphatic carbocycles. The highest BCUT2D eigenvalue weighted by Crippen LogP contribution is 2.40. The Morgan fingerprint density at radius 3 is 2.44 bits per heavy atom. The highest BCUT2D eigenvalue weighted by molar-refractivity contribution is 7.89. The maximum absolute atomic E-state index is 13.3. The molecule has 1 aliphatic heterocycles. The molecule has 2 aliphatic rings. The molecule has 8 heteroatoms. The zero-order valence-corrected chi connectivity index (χ0v) is 19.2. The fourth-order valence-corrected chi connectivity index (χ4v) is 7.02. The first-order chi connectivity index (χ1) is 15.3. The minimum Gasteiger partial charge on any atom is -0.480 e. The van der Waals surface area contributed by atoms with Gasteiger partial charge >= 0.3 is 5.97 Å². The summed E-state index contributed by atoms with van der Waals surface area (Å²) >= 11 is 0. The van der Waals surface area contributed by atoms with Crippen LogP contribution in [0, 0.1) is 18.3 Å². The maximum atomic E-state index is 13.3. The van der Waals surface area contributed by atoms with Gasteiger partial charge in [0.05, 0.1) is 10.5 Å². The number of carboxylic acid groups (broad SMARTS) is 1. The lowest BCUT2D eigenvalue weighted by Gasteiger charge is -2.18. The van der Waals surface area contributed by atoms with Gasteiger partial charge in [-0.2, -0.15) is 9.57 Å². The number of rotatable bonds is 7. The summed E-state index contributed by atoms with van der Waals surface area (Å²) in [6.07, 6.45) is 6.03. The van der Waals surface area contributed by atoms with Crippen molar-refractivity contribution < 1.29 is 18.3 Å². The number of nitrogens with zero attached hydrogens (tertiary/aromatic N) is 3. The number of carbonyl (C=O) groups is 1. The molecule has 1 saturated heterocycles. The van der Waals surface area contributed by atoms with Crippen LogP contribution in [0.3, 0.4) is 0 Å². The molecular weight excluding hydrogens is 426 g/mol. The lowest BCUT2D eigenvalue weighted by molar-refractivity contribution is -0.137. The third-order valence-corrected chi connectivity index (χ3v) is 8.86. The highest BCUT2D eigenvalue weighted by atomic mass is 32.2. The predicted molar refractivity (Wildman–Crippen MR) is 120 cm³/mol. The Morgan fingerprint density at radius 2 is 1.81 bits per heavy atom. The maximum Gasteiger partial charge on any atom is 0.323 e. The number of nitriles is 1. The lowest BCUT2D eigenvalue weighted by Crippen LogP contribution is -2.28. The molecule has 2 fully saturated rings. The number of aliphatic carboxylic acids is 1. The van der Waals surface area contributed by atoms with Crippen molar-refractivity contribution in [3.63, 3.8) is 0 Å². The van der Waals surface area contributed by atoms with Gasteiger partial charge in [-0.1, -0.05) is 31.0 Å². The molecule has 2 heterocycles. The quantitative estimate of drug-likeness (QED) is 0.684. The molecule has 7 nitrogen and oxygen atoms in total. The molecule has 32 heavy (non-hydrogen) atoms. The van der Waals surface area contributed by atoms with Crippen LogP contribution in [0.5, 0.6) is 0 Å². The van der Waals surface area contributed by atoms with Crippen LogP contribution in [0.25, 0.3) is 0 Å². The molecule has 0 atom stereocenters. The van der Waals surface area contributed by atoms with Crippen molar-refractivity contribution in [2.24, 2.45) is 0 Å². The number of sulfonamides is 1. The Bertz CT molecular complexity index is 1160. The smallest absolute Gasteiger partial charge is 0.323 e. The normalized spacial score (nSPS) is 17.6. The van der Waals surface area contributed by atoms with Crippen LogP contribution in [-0.4, -0.2) is 41.5 Å². The summed E-state index contributed by atoms with van der Waals surface area (Å²) in [7, 11) is -3.61. The van der Waals surface area contributed by atoms with Crippen molar-refractivity contribution in [3.05, 3.63) is 52.3 Å². The zero-order chi connectivity index (χ0) is 22.9. The van der Waals surface area contributed by atoms with Crippen LogP contribution in [0.4, 0.5) is 0 Å². The number of hydrogen-bond donors (Lipinski definition) is 1. The summed E-state index contributed by atoms with van der Waals surface area (Å²) in [6.45, 7) is 2.70. The number of hydrogen-bond acceptors (Lipinski definition) is 4. The molecule has 0 spiro atoms. The van der Waals surface area contributed by atoms with E-state index in [1.165, 1.54) is 4.31 Å². The van der Waals surface area contributed by atoms with Gasteiger partial charge in [0.15, 0.2) is 0 Å². The third kappa shape index (κ3) is 4.07. The van der Waals surface area contributed by atoms with Gasteiger partial charge in [-0.05, 0) is 49.8 Å². The van der Waals surface area contributed by atoms with E-state index in [-0.39, 0.29) is 23.8 Å². The van der Waals surface area contributed by atoms with Crippen molar-refractivity contribution in [2.45, 2.75) is 69.2 Å². The average Bonchev–Trinajstić information content (AvgIpc) is 3.52. The van der Waals surface area contributed by atoms with E-state index >= 15 is 0 Å². The van der Waals surface area contributed by atoms with Crippen LogP contribution in [0.2, 0.25) is 0 Å². The first-order valence-electron chi connectivity index (χ1n) is 11.3. The van der Waals surface area contributed by atoms with Crippen LogP contribution >= 0.6 is 0 Å².